The Balaban J connectivity index is 1.57. The SMILES string of the molecule is CCOc1cc(/C=N\NC(=O)COc2ccc(OC)cc2)ccc1OC(=O)c1ccc(Cl)cc1. The third kappa shape index (κ3) is 7.25. The van der Waals surface area contributed by atoms with Crippen molar-refractivity contribution in [2.75, 3.05) is 20.3 Å². The van der Waals surface area contributed by atoms with E-state index in [9.17, 15) is 9.59 Å². The van der Waals surface area contributed by atoms with Gasteiger partial charge >= 0.3 is 5.97 Å². The molecule has 0 bridgehead atoms. The van der Waals surface area contributed by atoms with Crippen molar-refractivity contribution in [1.82, 2.24) is 5.43 Å². The molecule has 0 saturated carbocycles. The topological polar surface area (TPSA) is 95.5 Å². The van der Waals surface area contributed by atoms with Gasteiger partial charge in [0.2, 0.25) is 0 Å². The summed E-state index contributed by atoms with van der Waals surface area (Å²) in [7, 11) is 1.57. The van der Waals surface area contributed by atoms with Crippen LogP contribution in [0.4, 0.5) is 0 Å². The molecule has 1 amide bonds. The van der Waals surface area contributed by atoms with Crippen molar-refractivity contribution < 1.29 is 28.5 Å². The first-order chi connectivity index (χ1) is 16.5. The highest BCUT2D eigenvalue weighted by atomic mass is 35.5. The molecule has 3 aromatic carbocycles. The Bertz CT molecular complexity index is 1150. The van der Waals surface area contributed by atoms with Crippen LogP contribution in [0.2, 0.25) is 5.02 Å². The van der Waals surface area contributed by atoms with Gasteiger partial charge in [0, 0.05) is 5.02 Å². The number of halogens is 1. The van der Waals surface area contributed by atoms with Crippen molar-refractivity contribution in [3.63, 3.8) is 0 Å². The van der Waals surface area contributed by atoms with Crippen LogP contribution in [0.5, 0.6) is 23.0 Å². The van der Waals surface area contributed by atoms with Crippen molar-refractivity contribution in [2.24, 2.45) is 5.10 Å². The van der Waals surface area contributed by atoms with Gasteiger partial charge in [-0.2, -0.15) is 5.10 Å². The lowest BCUT2D eigenvalue weighted by atomic mass is 10.2. The molecule has 8 nitrogen and oxygen atoms in total. The van der Waals surface area contributed by atoms with Gasteiger partial charge < -0.3 is 18.9 Å². The van der Waals surface area contributed by atoms with Gasteiger partial charge in [0.15, 0.2) is 18.1 Å². The van der Waals surface area contributed by atoms with Crippen LogP contribution in [0.1, 0.15) is 22.8 Å². The van der Waals surface area contributed by atoms with Crippen LogP contribution in [-0.2, 0) is 4.79 Å². The molecule has 0 radical (unpaired) electrons. The number of ether oxygens (including phenoxy) is 4. The van der Waals surface area contributed by atoms with Gasteiger partial charge in [-0.25, -0.2) is 10.2 Å². The summed E-state index contributed by atoms with van der Waals surface area (Å²) in [4.78, 5) is 24.4. The van der Waals surface area contributed by atoms with Gasteiger partial charge in [-0.05, 0) is 79.2 Å². The molecule has 9 heteroatoms. The largest absolute Gasteiger partial charge is 0.497 e. The highest BCUT2D eigenvalue weighted by molar-refractivity contribution is 6.30. The molecule has 0 saturated heterocycles. The van der Waals surface area contributed by atoms with Crippen LogP contribution in [-0.4, -0.2) is 38.4 Å². The normalized spacial score (nSPS) is 10.6. The fourth-order valence-electron chi connectivity index (χ4n) is 2.73. The van der Waals surface area contributed by atoms with E-state index < -0.39 is 11.9 Å². The zero-order chi connectivity index (χ0) is 24.3. The molecule has 34 heavy (non-hydrogen) atoms. The molecule has 0 atom stereocenters. The molecule has 1 N–H and O–H groups in total. The standard InChI is InChI=1S/C25H23ClN2O6/c1-3-32-23-14-17(4-13-22(23)34-25(30)18-5-7-19(26)8-6-18)15-27-28-24(29)16-33-21-11-9-20(31-2)10-12-21/h4-15H,3,16H2,1-2H3,(H,28,29)/b27-15-. The van der Waals surface area contributed by atoms with Crippen LogP contribution >= 0.6 is 11.6 Å². The van der Waals surface area contributed by atoms with E-state index in [0.717, 1.165) is 0 Å². The number of benzene rings is 3. The first-order valence-corrected chi connectivity index (χ1v) is 10.7. The molecule has 0 aliphatic rings. The van der Waals surface area contributed by atoms with E-state index in [0.29, 0.717) is 40.0 Å². The van der Waals surface area contributed by atoms with Crippen molar-refractivity contribution in [3.05, 3.63) is 82.9 Å². The van der Waals surface area contributed by atoms with Crippen LogP contribution in [0.15, 0.2) is 71.8 Å². The summed E-state index contributed by atoms with van der Waals surface area (Å²) < 4.78 is 21.5. The number of hydrogen-bond donors (Lipinski definition) is 1. The summed E-state index contributed by atoms with van der Waals surface area (Å²) in [6.07, 6.45) is 1.44. The number of hydrogen-bond acceptors (Lipinski definition) is 7. The number of rotatable bonds is 10. The molecule has 0 heterocycles. The highest BCUT2D eigenvalue weighted by Crippen LogP contribution is 2.29. The number of carbonyl (C=O) groups excluding carboxylic acids is 2. The van der Waals surface area contributed by atoms with Crippen molar-refractivity contribution in [3.8, 4) is 23.0 Å². The molecule has 0 fully saturated rings. The van der Waals surface area contributed by atoms with E-state index >= 15 is 0 Å². The molecule has 3 rings (SSSR count). The summed E-state index contributed by atoms with van der Waals surface area (Å²) in [6.45, 7) is 1.98. The Morgan fingerprint density at radius 1 is 0.941 bits per heavy atom. The average Bonchev–Trinajstić information content (AvgIpc) is 2.85. The van der Waals surface area contributed by atoms with E-state index in [1.54, 1.807) is 73.8 Å². The fourth-order valence-corrected chi connectivity index (χ4v) is 2.86. The molecule has 0 unspecified atom stereocenters. The first kappa shape index (κ1) is 24.6. The number of methoxy groups -OCH3 is 1. The van der Waals surface area contributed by atoms with E-state index in [1.165, 1.54) is 6.21 Å². The lowest BCUT2D eigenvalue weighted by Crippen LogP contribution is -2.24. The van der Waals surface area contributed by atoms with Crippen LogP contribution in [0.3, 0.4) is 0 Å². The minimum Gasteiger partial charge on any atom is -0.497 e. The van der Waals surface area contributed by atoms with E-state index in [1.807, 2.05) is 6.92 Å². The number of nitrogens with zero attached hydrogens (tertiary/aromatic N) is 1. The summed E-state index contributed by atoms with van der Waals surface area (Å²) in [5.41, 5.74) is 3.38. The Hall–Kier alpha value is -4.04. The molecule has 3 aromatic rings. The minimum atomic E-state index is -0.539. The zero-order valence-electron chi connectivity index (χ0n) is 18.6. The molecule has 0 spiro atoms. The third-order valence-electron chi connectivity index (χ3n) is 4.38. The van der Waals surface area contributed by atoms with Gasteiger partial charge in [0.1, 0.15) is 11.5 Å². The van der Waals surface area contributed by atoms with Crippen molar-refractivity contribution in [1.29, 1.82) is 0 Å². The molecule has 176 valence electrons. The third-order valence-corrected chi connectivity index (χ3v) is 4.63. The number of hydrazone groups is 1. The maximum Gasteiger partial charge on any atom is 0.343 e. The Labute approximate surface area is 202 Å². The molecular formula is C25H23ClN2O6. The Morgan fingerprint density at radius 2 is 1.65 bits per heavy atom. The summed E-state index contributed by atoms with van der Waals surface area (Å²) in [5.74, 6) is 0.885. The maximum atomic E-state index is 12.4. The van der Waals surface area contributed by atoms with Crippen LogP contribution < -0.4 is 24.4 Å². The predicted octanol–water partition coefficient (Wildman–Crippen LogP) is 4.50. The molecular weight excluding hydrogens is 460 g/mol. The number of esters is 1. The Morgan fingerprint density at radius 3 is 2.32 bits per heavy atom. The number of carbonyl (C=O) groups is 2. The van der Waals surface area contributed by atoms with Crippen LogP contribution in [0.25, 0.3) is 0 Å². The Kier molecular flexibility index (Phi) is 8.88. The minimum absolute atomic E-state index is 0.201. The monoisotopic (exact) mass is 482 g/mol. The van der Waals surface area contributed by atoms with Gasteiger partial charge in [-0.15, -0.1) is 0 Å². The highest BCUT2D eigenvalue weighted by Gasteiger charge is 2.13. The summed E-state index contributed by atoms with van der Waals surface area (Å²) >= 11 is 5.86. The van der Waals surface area contributed by atoms with E-state index in [4.69, 9.17) is 30.5 Å². The number of amides is 1. The second-order valence-corrected chi connectivity index (χ2v) is 7.23. The number of nitrogens with one attached hydrogen (secondary N) is 1. The van der Waals surface area contributed by atoms with Gasteiger partial charge in [-0.3, -0.25) is 4.79 Å². The van der Waals surface area contributed by atoms with Crippen LogP contribution in [0, 0.1) is 0 Å². The second-order valence-electron chi connectivity index (χ2n) is 6.79. The molecule has 0 aromatic heterocycles. The quantitative estimate of drug-likeness (QED) is 0.198. The predicted molar refractivity (Wildman–Crippen MR) is 128 cm³/mol. The van der Waals surface area contributed by atoms with Crippen molar-refractivity contribution in [2.45, 2.75) is 6.92 Å². The molecule has 0 aliphatic heterocycles. The smallest absolute Gasteiger partial charge is 0.343 e. The average molecular weight is 483 g/mol. The fraction of sp³-hybridized carbons (Fsp3) is 0.160. The summed E-state index contributed by atoms with van der Waals surface area (Å²) in [6, 6.07) is 18.2. The van der Waals surface area contributed by atoms with Gasteiger partial charge in [-0.1, -0.05) is 11.6 Å². The lowest BCUT2D eigenvalue weighted by molar-refractivity contribution is -0.123. The zero-order valence-corrected chi connectivity index (χ0v) is 19.4. The lowest BCUT2D eigenvalue weighted by Gasteiger charge is -2.11. The maximum absolute atomic E-state index is 12.4. The second kappa shape index (κ2) is 12.3. The van der Waals surface area contributed by atoms with Crippen molar-refractivity contribution >= 4 is 29.7 Å². The van der Waals surface area contributed by atoms with E-state index in [-0.39, 0.29) is 12.4 Å². The van der Waals surface area contributed by atoms with Gasteiger partial charge in [0.25, 0.3) is 5.91 Å². The first-order valence-electron chi connectivity index (χ1n) is 10.3. The summed E-state index contributed by atoms with van der Waals surface area (Å²) in [5, 5.41) is 4.45. The molecule has 0 aliphatic carbocycles. The van der Waals surface area contributed by atoms with E-state index in [2.05, 4.69) is 10.5 Å². The van der Waals surface area contributed by atoms with Gasteiger partial charge in [0.05, 0.1) is 25.5 Å².